The van der Waals surface area contributed by atoms with Crippen LogP contribution < -0.4 is 10.6 Å². The third-order valence-electron chi connectivity index (χ3n) is 3.46. The fraction of sp³-hybridized carbons (Fsp3) is 0.688. The lowest BCUT2D eigenvalue weighted by atomic mass is 10.0. The van der Waals surface area contributed by atoms with Crippen LogP contribution in [-0.2, 0) is 17.9 Å². The van der Waals surface area contributed by atoms with E-state index in [0.717, 1.165) is 25.2 Å². The molecule has 0 aromatic carbocycles. The van der Waals surface area contributed by atoms with Gasteiger partial charge in [0.2, 0.25) is 5.91 Å². The SMILES string of the molecule is CCC(C)(C)NC(=O)Cn1cccc1CNCC(C)C. The number of carbonyl (C=O) groups is 1. The van der Waals surface area contributed by atoms with Crippen molar-refractivity contribution in [3.8, 4) is 0 Å². The van der Waals surface area contributed by atoms with Crippen molar-refractivity contribution in [1.29, 1.82) is 0 Å². The first-order valence-electron chi connectivity index (χ1n) is 7.50. The standard InChI is InChI=1S/C16H29N3O/c1-6-16(4,5)18-15(20)12-19-9-7-8-14(19)11-17-10-13(2)3/h7-9,13,17H,6,10-12H2,1-5H3,(H,18,20). The molecule has 1 heterocycles. The molecule has 0 fully saturated rings. The molecule has 0 aliphatic heterocycles. The van der Waals surface area contributed by atoms with E-state index >= 15 is 0 Å². The molecule has 4 nitrogen and oxygen atoms in total. The van der Waals surface area contributed by atoms with Gasteiger partial charge in [-0.3, -0.25) is 4.79 Å². The number of carbonyl (C=O) groups excluding carboxylic acids is 1. The monoisotopic (exact) mass is 279 g/mol. The van der Waals surface area contributed by atoms with Gasteiger partial charge in [-0.15, -0.1) is 0 Å². The maximum Gasteiger partial charge on any atom is 0.240 e. The molecule has 0 aliphatic rings. The molecule has 0 saturated carbocycles. The molecule has 20 heavy (non-hydrogen) atoms. The molecule has 1 rings (SSSR count). The highest BCUT2D eigenvalue weighted by molar-refractivity contribution is 5.76. The van der Waals surface area contributed by atoms with Gasteiger partial charge in [0.05, 0.1) is 0 Å². The highest BCUT2D eigenvalue weighted by Crippen LogP contribution is 2.08. The number of rotatable bonds is 8. The van der Waals surface area contributed by atoms with Crippen molar-refractivity contribution >= 4 is 5.91 Å². The minimum atomic E-state index is -0.139. The molecular formula is C16H29N3O. The Balaban J connectivity index is 2.52. The summed E-state index contributed by atoms with van der Waals surface area (Å²) in [6.45, 7) is 12.7. The van der Waals surface area contributed by atoms with E-state index in [2.05, 4.69) is 37.5 Å². The van der Waals surface area contributed by atoms with Crippen LogP contribution in [0.3, 0.4) is 0 Å². The molecule has 0 bridgehead atoms. The Morgan fingerprint density at radius 2 is 2.10 bits per heavy atom. The van der Waals surface area contributed by atoms with Gasteiger partial charge < -0.3 is 15.2 Å². The fourth-order valence-electron chi connectivity index (χ4n) is 1.91. The van der Waals surface area contributed by atoms with Crippen LogP contribution >= 0.6 is 0 Å². The lowest BCUT2D eigenvalue weighted by Gasteiger charge is -2.24. The zero-order chi connectivity index (χ0) is 15.2. The van der Waals surface area contributed by atoms with E-state index in [4.69, 9.17) is 0 Å². The lowest BCUT2D eigenvalue weighted by molar-refractivity contribution is -0.123. The molecule has 0 saturated heterocycles. The second-order valence-corrected chi connectivity index (χ2v) is 6.44. The Hall–Kier alpha value is -1.29. The van der Waals surface area contributed by atoms with Crippen molar-refractivity contribution in [2.75, 3.05) is 6.54 Å². The second-order valence-electron chi connectivity index (χ2n) is 6.44. The van der Waals surface area contributed by atoms with E-state index in [-0.39, 0.29) is 11.4 Å². The Kier molecular flexibility index (Phi) is 6.27. The number of nitrogens with one attached hydrogen (secondary N) is 2. The molecule has 0 unspecified atom stereocenters. The van der Waals surface area contributed by atoms with Crippen LogP contribution in [0.15, 0.2) is 18.3 Å². The van der Waals surface area contributed by atoms with Crippen molar-refractivity contribution < 1.29 is 4.79 Å². The highest BCUT2D eigenvalue weighted by atomic mass is 16.2. The van der Waals surface area contributed by atoms with Gasteiger partial charge in [-0.1, -0.05) is 20.8 Å². The van der Waals surface area contributed by atoms with Gasteiger partial charge in [0.1, 0.15) is 6.54 Å². The molecule has 0 spiro atoms. The van der Waals surface area contributed by atoms with Crippen molar-refractivity contribution in [2.24, 2.45) is 5.92 Å². The summed E-state index contributed by atoms with van der Waals surface area (Å²) in [6.07, 6.45) is 2.89. The van der Waals surface area contributed by atoms with Gasteiger partial charge in [0, 0.05) is 24.0 Å². The first-order chi connectivity index (χ1) is 9.34. The Morgan fingerprint density at radius 3 is 2.70 bits per heavy atom. The quantitative estimate of drug-likeness (QED) is 0.768. The van der Waals surface area contributed by atoms with Gasteiger partial charge in [0.25, 0.3) is 0 Å². The van der Waals surface area contributed by atoms with Crippen molar-refractivity contribution in [1.82, 2.24) is 15.2 Å². The molecule has 2 N–H and O–H groups in total. The van der Waals surface area contributed by atoms with Crippen LogP contribution in [0.2, 0.25) is 0 Å². The minimum absolute atomic E-state index is 0.0677. The molecule has 1 amide bonds. The second kappa shape index (κ2) is 7.48. The molecule has 0 atom stereocenters. The smallest absolute Gasteiger partial charge is 0.240 e. The summed E-state index contributed by atoms with van der Waals surface area (Å²) in [5, 5.41) is 6.47. The molecule has 4 heteroatoms. The van der Waals surface area contributed by atoms with E-state index in [1.165, 1.54) is 0 Å². The van der Waals surface area contributed by atoms with Gasteiger partial charge in [-0.05, 0) is 44.9 Å². The van der Waals surface area contributed by atoms with E-state index in [9.17, 15) is 4.79 Å². The van der Waals surface area contributed by atoms with E-state index in [0.29, 0.717) is 12.5 Å². The number of amides is 1. The average Bonchev–Trinajstić information content (AvgIpc) is 2.75. The van der Waals surface area contributed by atoms with Gasteiger partial charge >= 0.3 is 0 Å². The summed E-state index contributed by atoms with van der Waals surface area (Å²) >= 11 is 0. The van der Waals surface area contributed by atoms with Crippen LogP contribution in [0.25, 0.3) is 0 Å². The minimum Gasteiger partial charge on any atom is -0.350 e. The topological polar surface area (TPSA) is 46.1 Å². The highest BCUT2D eigenvalue weighted by Gasteiger charge is 2.18. The van der Waals surface area contributed by atoms with Gasteiger partial charge in [0.15, 0.2) is 0 Å². The average molecular weight is 279 g/mol. The third-order valence-corrected chi connectivity index (χ3v) is 3.46. The predicted octanol–water partition coefficient (Wildman–Crippen LogP) is 2.54. The maximum absolute atomic E-state index is 12.1. The van der Waals surface area contributed by atoms with Gasteiger partial charge in [-0.25, -0.2) is 0 Å². The Labute approximate surface area is 122 Å². The van der Waals surface area contributed by atoms with Crippen LogP contribution in [0.4, 0.5) is 0 Å². The molecule has 0 radical (unpaired) electrons. The van der Waals surface area contributed by atoms with Crippen LogP contribution in [0.1, 0.15) is 46.7 Å². The first-order valence-corrected chi connectivity index (χ1v) is 7.50. The number of aromatic nitrogens is 1. The Bertz CT molecular complexity index is 421. The van der Waals surface area contributed by atoms with E-state index < -0.39 is 0 Å². The molecule has 1 aromatic heterocycles. The summed E-state index contributed by atoms with van der Waals surface area (Å²) < 4.78 is 2.01. The van der Waals surface area contributed by atoms with Crippen molar-refractivity contribution in [2.45, 2.75) is 59.7 Å². The molecule has 114 valence electrons. The summed E-state index contributed by atoms with van der Waals surface area (Å²) in [4.78, 5) is 12.1. The zero-order valence-electron chi connectivity index (χ0n) is 13.5. The predicted molar refractivity (Wildman–Crippen MR) is 83.5 cm³/mol. The summed E-state index contributed by atoms with van der Waals surface area (Å²) in [5.41, 5.74) is 1.01. The summed E-state index contributed by atoms with van der Waals surface area (Å²) in [5.74, 6) is 0.699. The molecular weight excluding hydrogens is 250 g/mol. The van der Waals surface area contributed by atoms with Gasteiger partial charge in [-0.2, -0.15) is 0 Å². The normalized spacial score (nSPS) is 11.9. The largest absolute Gasteiger partial charge is 0.350 e. The number of nitrogens with zero attached hydrogens (tertiary/aromatic N) is 1. The molecule has 1 aromatic rings. The lowest BCUT2D eigenvalue weighted by Crippen LogP contribution is -2.44. The Morgan fingerprint density at radius 1 is 1.40 bits per heavy atom. The van der Waals surface area contributed by atoms with E-state index in [1.54, 1.807) is 0 Å². The molecule has 0 aliphatic carbocycles. The van der Waals surface area contributed by atoms with E-state index in [1.807, 2.05) is 30.7 Å². The first kappa shape index (κ1) is 16.8. The maximum atomic E-state index is 12.1. The van der Waals surface area contributed by atoms with Crippen LogP contribution in [0.5, 0.6) is 0 Å². The van der Waals surface area contributed by atoms with Crippen molar-refractivity contribution in [3.05, 3.63) is 24.0 Å². The summed E-state index contributed by atoms with van der Waals surface area (Å²) in [6, 6.07) is 4.05. The number of hydrogen-bond donors (Lipinski definition) is 2. The van der Waals surface area contributed by atoms with Crippen molar-refractivity contribution in [3.63, 3.8) is 0 Å². The van der Waals surface area contributed by atoms with Crippen LogP contribution in [-0.4, -0.2) is 22.6 Å². The number of hydrogen-bond acceptors (Lipinski definition) is 2. The fourth-order valence-corrected chi connectivity index (χ4v) is 1.91. The zero-order valence-corrected chi connectivity index (χ0v) is 13.5. The summed E-state index contributed by atoms with van der Waals surface area (Å²) in [7, 11) is 0. The van der Waals surface area contributed by atoms with Crippen LogP contribution in [0, 0.1) is 5.92 Å². The third kappa shape index (κ3) is 5.78.